The number of hydrogen-bond acceptors (Lipinski definition) is 2. The van der Waals surface area contributed by atoms with Crippen molar-refractivity contribution in [2.24, 2.45) is 5.16 Å². The molecule has 2 heteroatoms. The van der Waals surface area contributed by atoms with Crippen LogP contribution in [0.15, 0.2) is 29.4 Å². The first kappa shape index (κ1) is 9.78. The van der Waals surface area contributed by atoms with E-state index in [4.69, 9.17) is 4.84 Å². The van der Waals surface area contributed by atoms with Gasteiger partial charge in [0.1, 0.15) is 6.61 Å². The van der Waals surface area contributed by atoms with Gasteiger partial charge in [-0.15, -0.1) is 0 Å². The lowest BCUT2D eigenvalue weighted by molar-refractivity contribution is 0.131. The lowest BCUT2D eigenvalue weighted by atomic mass is 10.2. The van der Waals surface area contributed by atoms with Gasteiger partial charge in [-0.25, -0.2) is 0 Å². The van der Waals surface area contributed by atoms with E-state index in [2.05, 4.69) is 36.3 Å². The number of oxime groups is 1. The molecule has 0 aliphatic carbocycles. The van der Waals surface area contributed by atoms with Gasteiger partial charge in [-0.2, -0.15) is 0 Å². The third-order valence-electron chi connectivity index (χ3n) is 1.68. The third-order valence-corrected chi connectivity index (χ3v) is 1.68. The largest absolute Gasteiger partial charge is 0.391 e. The molecule has 0 saturated heterocycles. The van der Waals surface area contributed by atoms with Crippen molar-refractivity contribution in [1.82, 2.24) is 0 Å². The second kappa shape index (κ2) is 5.36. The van der Waals surface area contributed by atoms with Crippen molar-refractivity contribution in [1.29, 1.82) is 0 Å². The predicted octanol–water partition coefficient (Wildman–Crippen LogP) is 2.91. The zero-order valence-corrected chi connectivity index (χ0v) is 8.16. The van der Waals surface area contributed by atoms with Gasteiger partial charge in [-0.1, -0.05) is 41.9 Å². The quantitative estimate of drug-likeness (QED) is 0.512. The van der Waals surface area contributed by atoms with Crippen molar-refractivity contribution >= 4 is 6.21 Å². The predicted molar refractivity (Wildman–Crippen MR) is 54.8 cm³/mol. The summed E-state index contributed by atoms with van der Waals surface area (Å²) in [7, 11) is 0. The molecule has 1 aromatic rings. The third kappa shape index (κ3) is 3.74. The lowest BCUT2D eigenvalue weighted by Crippen LogP contribution is -1.86. The van der Waals surface area contributed by atoms with Crippen LogP contribution in [0.3, 0.4) is 0 Å². The second-order valence-electron chi connectivity index (χ2n) is 2.96. The Morgan fingerprint density at radius 3 is 2.62 bits per heavy atom. The fourth-order valence-corrected chi connectivity index (χ4v) is 0.923. The highest BCUT2D eigenvalue weighted by Crippen LogP contribution is 2.04. The number of rotatable bonds is 4. The van der Waals surface area contributed by atoms with E-state index >= 15 is 0 Å². The molecular formula is C11H15NO. The maximum atomic E-state index is 5.07. The highest BCUT2D eigenvalue weighted by Gasteiger charge is 1.90. The van der Waals surface area contributed by atoms with Gasteiger partial charge in [0.25, 0.3) is 0 Å². The van der Waals surface area contributed by atoms with Gasteiger partial charge in [0.2, 0.25) is 0 Å². The Kier molecular flexibility index (Phi) is 4.03. The molecule has 13 heavy (non-hydrogen) atoms. The Bertz CT molecular complexity index is 264. The van der Waals surface area contributed by atoms with E-state index in [1.54, 1.807) is 6.21 Å². The summed E-state index contributed by atoms with van der Waals surface area (Å²) in [6, 6.07) is 8.25. The van der Waals surface area contributed by atoms with Crippen LogP contribution in [0.25, 0.3) is 0 Å². The highest BCUT2D eigenvalue weighted by atomic mass is 16.6. The molecule has 0 radical (unpaired) electrons. The Morgan fingerprint density at radius 1 is 1.31 bits per heavy atom. The smallest absolute Gasteiger partial charge is 0.142 e. The first-order valence-electron chi connectivity index (χ1n) is 4.52. The first-order chi connectivity index (χ1) is 6.33. The Morgan fingerprint density at radius 2 is 2.00 bits per heavy atom. The van der Waals surface area contributed by atoms with E-state index in [-0.39, 0.29) is 0 Å². The van der Waals surface area contributed by atoms with Crippen LogP contribution in [0.4, 0.5) is 0 Å². The second-order valence-corrected chi connectivity index (χ2v) is 2.96. The van der Waals surface area contributed by atoms with Crippen molar-refractivity contribution in [2.45, 2.75) is 26.9 Å². The number of hydrogen-bond donors (Lipinski definition) is 0. The lowest BCUT2D eigenvalue weighted by Gasteiger charge is -1.99. The number of aryl methyl sites for hydroxylation is 1. The fourth-order valence-electron chi connectivity index (χ4n) is 0.923. The molecule has 70 valence electrons. The summed E-state index contributed by atoms with van der Waals surface area (Å²) in [6.45, 7) is 4.65. The monoisotopic (exact) mass is 177 g/mol. The topological polar surface area (TPSA) is 21.6 Å². The van der Waals surface area contributed by atoms with Crippen molar-refractivity contribution < 1.29 is 4.84 Å². The van der Waals surface area contributed by atoms with Crippen LogP contribution < -0.4 is 0 Å². The van der Waals surface area contributed by atoms with Crippen LogP contribution in [0, 0.1) is 6.92 Å². The zero-order chi connectivity index (χ0) is 9.52. The zero-order valence-electron chi connectivity index (χ0n) is 8.16. The van der Waals surface area contributed by atoms with E-state index in [1.165, 1.54) is 5.56 Å². The molecule has 0 atom stereocenters. The number of benzene rings is 1. The fraction of sp³-hybridized carbons (Fsp3) is 0.364. The molecule has 0 unspecified atom stereocenters. The molecule has 0 amide bonds. The van der Waals surface area contributed by atoms with Gasteiger partial charge >= 0.3 is 0 Å². The normalized spacial score (nSPS) is 10.6. The molecule has 0 aromatic heterocycles. The molecule has 0 aliphatic heterocycles. The van der Waals surface area contributed by atoms with Gasteiger partial charge in [-0.3, -0.25) is 0 Å². The summed E-state index contributed by atoms with van der Waals surface area (Å²) >= 11 is 0. The van der Waals surface area contributed by atoms with Crippen LogP contribution in [0.5, 0.6) is 0 Å². The summed E-state index contributed by atoms with van der Waals surface area (Å²) in [5.41, 5.74) is 2.42. The first-order valence-corrected chi connectivity index (χ1v) is 4.52. The van der Waals surface area contributed by atoms with Gasteiger partial charge in [0.15, 0.2) is 0 Å². The summed E-state index contributed by atoms with van der Waals surface area (Å²) in [4.78, 5) is 5.07. The molecule has 1 rings (SSSR count). The van der Waals surface area contributed by atoms with Crippen LogP contribution in [-0.2, 0) is 11.4 Å². The Hall–Kier alpha value is -1.31. The minimum atomic E-state index is 0.552. The molecular weight excluding hydrogens is 162 g/mol. The summed E-state index contributed by atoms with van der Waals surface area (Å²) in [5, 5.41) is 3.78. The maximum Gasteiger partial charge on any atom is 0.142 e. The van der Waals surface area contributed by atoms with E-state index in [0.29, 0.717) is 6.61 Å². The Balaban J connectivity index is 2.37. The SMILES string of the molecule is CCC=NOCc1ccc(C)cc1. The standard InChI is InChI=1S/C11H15NO/c1-3-8-12-13-9-11-6-4-10(2)5-7-11/h4-8H,3,9H2,1-2H3. The van der Waals surface area contributed by atoms with Crippen LogP contribution >= 0.6 is 0 Å². The van der Waals surface area contributed by atoms with Crippen molar-refractivity contribution in [3.63, 3.8) is 0 Å². The molecule has 0 bridgehead atoms. The van der Waals surface area contributed by atoms with Crippen molar-refractivity contribution in [3.8, 4) is 0 Å². The van der Waals surface area contributed by atoms with Gasteiger partial charge in [0, 0.05) is 6.21 Å². The molecule has 0 fully saturated rings. The van der Waals surface area contributed by atoms with E-state index in [9.17, 15) is 0 Å². The van der Waals surface area contributed by atoms with Crippen LogP contribution in [0.2, 0.25) is 0 Å². The minimum Gasteiger partial charge on any atom is -0.391 e. The minimum absolute atomic E-state index is 0.552. The average Bonchev–Trinajstić information content (AvgIpc) is 2.15. The summed E-state index contributed by atoms with van der Waals surface area (Å²) in [5.74, 6) is 0. The number of nitrogens with zero attached hydrogens (tertiary/aromatic N) is 1. The van der Waals surface area contributed by atoms with E-state index in [0.717, 1.165) is 12.0 Å². The van der Waals surface area contributed by atoms with Crippen molar-refractivity contribution in [3.05, 3.63) is 35.4 Å². The molecule has 0 N–H and O–H groups in total. The maximum absolute atomic E-state index is 5.07. The molecule has 1 aromatic carbocycles. The van der Waals surface area contributed by atoms with E-state index in [1.807, 2.05) is 6.92 Å². The molecule has 0 aliphatic rings. The molecule has 2 nitrogen and oxygen atoms in total. The van der Waals surface area contributed by atoms with Crippen LogP contribution in [0.1, 0.15) is 24.5 Å². The van der Waals surface area contributed by atoms with Crippen molar-refractivity contribution in [2.75, 3.05) is 0 Å². The van der Waals surface area contributed by atoms with Gasteiger partial charge in [-0.05, 0) is 18.9 Å². The molecule has 0 saturated carbocycles. The Labute approximate surface area is 79.2 Å². The average molecular weight is 177 g/mol. The van der Waals surface area contributed by atoms with E-state index < -0.39 is 0 Å². The van der Waals surface area contributed by atoms with Crippen LogP contribution in [-0.4, -0.2) is 6.21 Å². The van der Waals surface area contributed by atoms with Gasteiger partial charge in [0.05, 0.1) is 0 Å². The molecule has 0 heterocycles. The van der Waals surface area contributed by atoms with Gasteiger partial charge < -0.3 is 4.84 Å². The molecule has 0 spiro atoms. The summed E-state index contributed by atoms with van der Waals surface area (Å²) < 4.78 is 0. The highest BCUT2D eigenvalue weighted by molar-refractivity contribution is 5.55. The summed E-state index contributed by atoms with van der Waals surface area (Å²) in [6.07, 6.45) is 2.67.